The second-order valence-electron chi connectivity index (χ2n) is 2.70. The van der Waals surface area contributed by atoms with E-state index in [1.807, 2.05) is 6.08 Å². The molecule has 2 heteroatoms. The van der Waals surface area contributed by atoms with E-state index >= 15 is 0 Å². The molecule has 0 aliphatic carbocycles. The van der Waals surface area contributed by atoms with Crippen LogP contribution in [-0.2, 0) is 4.74 Å². The third kappa shape index (κ3) is 1.76. The first-order chi connectivity index (χ1) is 5.27. The summed E-state index contributed by atoms with van der Waals surface area (Å²) in [6.07, 6.45) is 3.03. The molecular formula is C9H15NO. The minimum absolute atomic E-state index is 0.286. The molecule has 0 aromatic carbocycles. The highest BCUT2D eigenvalue weighted by atomic mass is 16.5. The number of nitrogens with one attached hydrogen (secondary N) is 1. The van der Waals surface area contributed by atoms with Gasteiger partial charge in [-0.2, -0.15) is 0 Å². The van der Waals surface area contributed by atoms with E-state index in [4.69, 9.17) is 4.74 Å². The normalized spacial score (nSPS) is 24.0. The fourth-order valence-electron chi connectivity index (χ4n) is 1.16. The van der Waals surface area contributed by atoms with Gasteiger partial charge in [-0.15, -0.1) is 0 Å². The Morgan fingerprint density at radius 3 is 3.09 bits per heavy atom. The lowest BCUT2D eigenvalue weighted by molar-refractivity contribution is 0.108. The highest BCUT2D eigenvalue weighted by Gasteiger charge is 2.14. The Morgan fingerprint density at radius 1 is 1.82 bits per heavy atom. The predicted molar refractivity (Wildman–Crippen MR) is 46.1 cm³/mol. The molecule has 11 heavy (non-hydrogen) atoms. The monoisotopic (exact) mass is 153 g/mol. The summed E-state index contributed by atoms with van der Waals surface area (Å²) in [4.78, 5) is 0. The van der Waals surface area contributed by atoms with Gasteiger partial charge in [-0.05, 0) is 13.0 Å². The first kappa shape index (κ1) is 8.18. The molecule has 0 aromatic heterocycles. The van der Waals surface area contributed by atoms with Gasteiger partial charge in [0.05, 0.1) is 12.2 Å². The number of hydrogen-bond donors (Lipinski definition) is 1. The highest BCUT2D eigenvalue weighted by molar-refractivity contribution is 5.20. The molecule has 1 heterocycles. The molecule has 1 N–H and O–H groups in total. The van der Waals surface area contributed by atoms with Crippen LogP contribution >= 0.6 is 0 Å². The Kier molecular flexibility index (Phi) is 2.58. The molecule has 0 bridgehead atoms. The van der Waals surface area contributed by atoms with Crippen LogP contribution in [0.15, 0.2) is 24.1 Å². The molecule has 62 valence electrons. The fraction of sp³-hybridized carbons (Fsp3) is 0.556. The third-order valence-electron chi connectivity index (χ3n) is 1.75. The lowest BCUT2D eigenvalue weighted by Gasteiger charge is -2.25. The van der Waals surface area contributed by atoms with Crippen molar-refractivity contribution in [2.24, 2.45) is 0 Å². The molecular weight excluding hydrogens is 138 g/mol. The number of rotatable bonds is 2. The van der Waals surface area contributed by atoms with Crippen molar-refractivity contribution in [3.8, 4) is 0 Å². The van der Waals surface area contributed by atoms with Crippen LogP contribution in [0.4, 0.5) is 0 Å². The maximum Gasteiger partial charge on any atom is 0.119 e. The summed E-state index contributed by atoms with van der Waals surface area (Å²) in [7, 11) is 0. The van der Waals surface area contributed by atoms with Gasteiger partial charge >= 0.3 is 0 Å². The Hall–Kier alpha value is -0.920. The summed E-state index contributed by atoms with van der Waals surface area (Å²) >= 11 is 0. The Bertz CT molecular complexity index is 184. The van der Waals surface area contributed by atoms with Crippen molar-refractivity contribution in [2.75, 3.05) is 6.54 Å². The maximum absolute atomic E-state index is 5.58. The van der Waals surface area contributed by atoms with Crippen molar-refractivity contribution in [3.05, 3.63) is 24.1 Å². The molecule has 0 radical (unpaired) electrons. The van der Waals surface area contributed by atoms with Gasteiger partial charge in [0, 0.05) is 6.42 Å². The van der Waals surface area contributed by atoms with Crippen LogP contribution in [0.25, 0.3) is 0 Å². The number of ether oxygens (including phenoxy) is 1. The van der Waals surface area contributed by atoms with Gasteiger partial charge in [0.1, 0.15) is 11.9 Å². The first-order valence-electron chi connectivity index (χ1n) is 4.04. The van der Waals surface area contributed by atoms with E-state index in [2.05, 4.69) is 25.7 Å². The average Bonchev–Trinajstić information content (AvgIpc) is 2.04. The Labute approximate surface area is 67.9 Å². The van der Waals surface area contributed by atoms with Crippen molar-refractivity contribution in [3.63, 3.8) is 0 Å². The van der Waals surface area contributed by atoms with Gasteiger partial charge < -0.3 is 10.1 Å². The van der Waals surface area contributed by atoms with Gasteiger partial charge in [-0.3, -0.25) is 0 Å². The highest BCUT2D eigenvalue weighted by Crippen LogP contribution is 2.15. The van der Waals surface area contributed by atoms with E-state index in [9.17, 15) is 0 Å². The summed E-state index contributed by atoms with van der Waals surface area (Å²) in [5.41, 5.74) is 1.05. The van der Waals surface area contributed by atoms with E-state index in [0.29, 0.717) is 0 Å². The molecule has 1 aliphatic rings. The lowest BCUT2D eigenvalue weighted by atomic mass is 10.2. The number of hydrogen-bond acceptors (Lipinski definition) is 2. The van der Waals surface area contributed by atoms with Gasteiger partial charge in [0.25, 0.3) is 0 Å². The van der Waals surface area contributed by atoms with Crippen molar-refractivity contribution in [1.82, 2.24) is 5.32 Å². The summed E-state index contributed by atoms with van der Waals surface area (Å²) in [5.74, 6) is 1.03. The summed E-state index contributed by atoms with van der Waals surface area (Å²) in [6, 6.07) is 0. The van der Waals surface area contributed by atoms with Crippen LogP contribution < -0.4 is 5.32 Å². The zero-order valence-electron chi connectivity index (χ0n) is 7.18. The van der Waals surface area contributed by atoms with Gasteiger partial charge in [0.15, 0.2) is 0 Å². The maximum atomic E-state index is 5.58. The Balaban J connectivity index is 2.74. The van der Waals surface area contributed by atoms with E-state index in [0.717, 1.165) is 24.4 Å². The molecule has 0 amide bonds. The standard InChI is InChI=1S/C9H15NO/c1-4-8-9(5-2)11-7(3)6-10-8/h4,7,10H,1,5-6H2,2-3H3. The van der Waals surface area contributed by atoms with Crippen molar-refractivity contribution in [1.29, 1.82) is 0 Å². The van der Waals surface area contributed by atoms with Crippen LogP contribution in [-0.4, -0.2) is 12.6 Å². The predicted octanol–water partition coefficient (Wildman–Crippen LogP) is 1.80. The lowest BCUT2D eigenvalue weighted by Crippen LogP contribution is -2.32. The molecule has 1 rings (SSSR count). The molecule has 0 fully saturated rings. The Morgan fingerprint density at radius 2 is 2.55 bits per heavy atom. The topological polar surface area (TPSA) is 21.3 Å². The largest absolute Gasteiger partial charge is 0.491 e. The molecule has 1 aliphatic heterocycles. The van der Waals surface area contributed by atoms with Crippen molar-refractivity contribution >= 4 is 0 Å². The second kappa shape index (κ2) is 3.46. The van der Waals surface area contributed by atoms with E-state index in [1.165, 1.54) is 0 Å². The molecule has 0 saturated carbocycles. The SMILES string of the molecule is C=CC1=C(CC)OC(C)CN1. The van der Waals surface area contributed by atoms with E-state index in [1.54, 1.807) is 0 Å². The summed E-state index contributed by atoms with van der Waals surface area (Å²) < 4.78 is 5.58. The fourth-order valence-corrected chi connectivity index (χ4v) is 1.16. The van der Waals surface area contributed by atoms with Crippen LogP contribution in [0.5, 0.6) is 0 Å². The second-order valence-corrected chi connectivity index (χ2v) is 2.70. The zero-order chi connectivity index (χ0) is 8.27. The molecule has 0 saturated heterocycles. The van der Waals surface area contributed by atoms with E-state index in [-0.39, 0.29) is 6.10 Å². The van der Waals surface area contributed by atoms with Gasteiger partial charge in [-0.1, -0.05) is 13.5 Å². The minimum Gasteiger partial charge on any atom is -0.491 e. The molecule has 0 aromatic rings. The first-order valence-corrected chi connectivity index (χ1v) is 4.04. The van der Waals surface area contributed by atoms with Crippen LogP contribution in [0.1, 0.15) is 20.3 Å². The average molecular weight is 153 g/mol. The minimum atomic E-state index is 0.286. The smallest absolute Gasteiger partial charge is 0.119 e. The quantitative estimate of drug-likeness (QED) is 0.653. The van der Waals surface area contributed by atoms with Gasteiger partial charge in [0.2, 0.25) is 0 Å². The van der Waals surface area contributed by atoms with E-state index < -0.39 is 0 Å². The number of allylic oxidation sites excluding steroid dienone is 2. The molecule has 1 atom stereocenters. The molecule has 1 unspecified atom stereocenters. The van der Waals surface area contributed by atoms with Crippen molar-refractivity contribution in [2.45, 2.75) is 26.4 Å². The van der Waals surface area contributed by atoms with Crippen LogP contribution in [0.3, 0.4) is 0 Å². The molecule has 2 nitrogen and oxygen atoms in total. The summed E-state index contributed by atoms with van der Waals surface area (Å²) in [6.45, 7) is 8.73. The third-order valence-corrected chi connectivity index (χ3v) is 1.75. The zero-order valence-corrected chi connectivity index (χ0v) is 7.18. The molecule has 0 spiro atoms. The van der Waals surface area contributed by atoms with Crippen LogP contribution in [0, 0.1) is 0 Å². The van der Waals surface area contributed by atoms with Crippen LogP contribution in [0.2, 0.25) is 0 Å². The van der Waals surface area contributed by atoms with Crippen molar-refractivity contribution < 1.29 is 4.74 Å². The summed E-state index contributed by atoms with van der Waals surface area (Å²) in [5, 5.41) is 3.26. The van der Waals surface area contributed by atoms with Gasteiger partial charge in [-0.25, -0.2) is 0 Å².